The number of anilines is 2. The molecule has 1 unspecified atom stereocenters. The van der Waals surface area contributed by atoms with Gasteiger partial charge in [-0.25, -0.2) is 4.99 Å². The number of amides is 2. The molecular weight excluding hydrogens is 530 g/mol. The third-order valence-electron chi connectivity index (χ3n) is 6.66. The van der Waals surface area contributed by atoms with Crippen molar-refractivity contribution < 1.29 is 19.2 Å². The molecule has 10 nitrogen and oxygen atoms in total. The van der Waals surface area contributed by atoms with Crippen molar-refractivity contribution in [2.45, 2.75) is 19.4 Å². The topological polar surface area (TPSA) is 126 Å². The number of nitro groups is 1. The Morgan fingerprint density at radius 2 is 1.82 bits per heavy atom. The van der Waals surface area contributed by atoms with E-state index in [1.165, 1.54) is 24.3 Å². The van der Waals surface area contributed by atoms with Crippen molar-refractivity contribution in [1.29, 1.82) is 0 Å². The number of carbonyl (C=O) groups is 2. The molecule has 2 N–H and O–H groups in total. The number of thioether (sulfide) groups is 1. The highest BCUT2D eigenvalue weighted by molar-refractivity contribution is 8.13. The van der Waals surface area contributed by atoms with Crippen molar-refractivity contribution in [3.05, 3.63) is 105 Å². The Morgan fingerprint density at radius 3 is 2.58 bits per heavy atom. The lowest BCUT2D eigenvalue weighted by Crippen LogP contribution is -2.43. The van der Waals surface area contributed by atoms with Crippen LogP contribution in [0.4, 0.5) is 17.1 Å². The summed E-state index contributed by atoms with van der Waals surface area (Å²) in [6.45, 7) is 2.57. The van der Waals surface area contributed by atoms with Crippen LogP contribution >= 0.6 is 11.8 Å². The number of aliphatic imine (C=N–C) groups is 1. The predicted molar refractivity (Wildman–Crippen MR) is 156 cm³/mol. The zero-order chi connectivity index (χ0) is 28.2. The SMILES string of the molecule is COc1ccccc1NC(=O)C1=C(C)N=C2SCCCN2C1c1cccc(NC(=O)c2ccc([N+](=O)[O-])cc2)c1. The third kappa shape index (κ3) is 5.55. The van der Waals surface area contributed by atoms with E-state index in [1.54, 1.807) is 37.1 Å². The standard InChI is InChI=1S/C29H27N5O5S/c1-18-25(28(36)32-23-9-3-4-10-24(23)39-2)26(33-15-6-16-40-29(33)30-18)20-7-5-8-21(17-20)31-27(35)19-11-13-22(14-12-19)34(37)38/h3-5,7-14,17,26H,6,15-16H2,1-2H3,(H,31,35)(H,32,36). The first-order valence-electron chi connectivity index (χ1n) is 12.6. The third-order valence-corrected chi connectivity index (χ3v) is 7.74. The molecule has 204 valence electrons. The van der Waals surface area contributed by atoms with Crippen molar-refractivity contribution in [3.63, 3.8) is 0 Å². The van der Waals surface area contributed by atoms with Gasteiger partial charge in [0.25, 0.3) is 17.5 Å². The number of fused-ring (bicyclic) bond motifs is 1. The van der Waals surface area contributed by atoms with Gasteiger partial charge in [-0.15, -0.1) is 0 Å². The van der Waals surface area contributed by atoms with Gasteiger partial charge in [-0.2, -0.15) is 0 Å². The molecule has 3 aromatic rings. The van der Waals surface area contributed by atoms with Crippen molar-refractivity contribution in [2.24, 2.45) is 4.99 Å². The lowest BCUT2D eigenvalue weighted by molar-refractivity contribution is -0.384. The first kappa shape index (κ1) is 26.9. The highest BCUT2D eigenvalue weighted by Gasteiger charge is 2.37. The summed E-state index contributed by atoms with van der Waals surface area (Å²) < 4.78 is 5.42. The molecule has 5 rings (SSSR count). The molecule has 1 fully saturated rings. The normalized spacial score (nSPS) is 16.5. The highest BCUT2D eigenvalue weighted by Crippen LogP contribution is 2.40. The van der Waals surface area contributed by atoms with Gasteiger partial charge < -0.3 is 20.3 Å². The van der Waals surface area contributed by atoms with Gasteiger partial charge in [0.05, 0.1) is 35.0 Å². The van der Waals surface area contributed by atoms with Crippen LogP contribution in [-0.4, -0.2) is 46.2 Å². The lowest BCUT2D eigenvalue weighted by atomic mass is 9.93. The fourth-order valence-electron chi connectivity index (χ4n) is 4.77. The van der Waals surface area contributed by atoms with Crippen molar-refractivity contribution >= 4 is 45.8 Å². The second-order valence-corrected chi connectivity index (χ2v) is 10.3. The van der Waals surface area contributed by atoms with E-state index >= 15 is 0 Å². The van der Waals surface area contributed by atoms with Gasteiger partial charge in [0, 0.05) is 35.7 Å². The Morgan fingerprint density at radius 1 is 1.05 bits per heavy atom. The zero-order valence-electron chi connectivity index (χ0n) is 21.9. The average molecular weight is 558 g/mol. The number of allylic oxidation sites excluding steroid dienone is 1. The van der Waals surface area contributed by atoms with E-state index in [-0.39, 0.29) is 11.6 Å². The number of nitrogens with zero attached hydrogens (tertiary/aromatic N) is 3. The van der Waals surface area contributed by atoms with E-state index in [4.69, 9.17) is 9.73 Å². The van der Waals surface area contributed by atoms with Crippen molar-refractivity contribution in [1.82, 2.24) is 4.90 Å². The quantitative estimate of drug-likeness (QED) is 0.285. The van der Waals surface area contributed by atoms with Crippen LogP contribution in [0.3, 0.4) is 0 Å². The number of carbonyl (C=O) groups excluding carboxylic acids is 2. The van der Waals surface area contributed by atoms with Gasteiger partial charge in [0.2, 0.25) is 0 Å². The molecule has 2 heterocycles. The van der Waals surface area contributed by atoms with Crippen LogP contribution in [-0.2, 0) is 4.79 Å². The minimum absolute atomic E-state index is 0.0891. The Balaban J connectivity index is 1.46. The second-order valence-electron chi connectivity index (χ2n) is 9.23. The van der Waals surface area contributed by atoms with Crippen LogP contribution < -0.4 is 15.4 Å². The molecule has 1 atom stereocenters. The minimum atomic E-state index is -0.511. The van der Waals surface area contributed by atoms with Crippen LogP contribution in [0.2, 0.25) is 0 Å². The molecule has 0 bridgehead atoms. The maximum Gasteiger partial charge on any atom is 0.269 e. The predicted octanol–water partition coefficient (Wildman–Crippen LogP) is 5.62. The Kier molecular flexibility index (Phi) is 7.83. The largest absolute Gasteiger partial charge is 0.495 e. The molecule has 0 aromatic heterocycles. The fraction of sp³-hybridized carbons (Fsp3) is 0.207. The molecule has 0 saturated carbocycles. The number of non-ortho nitro benzene ring substituents is 1. The van der Waals surface area contributed by atoms with E-state index in [0.717, 1.165) is 29.4 Å². The van der Waals surface area contributed by atoms with Gasteiger partial charge in [-0.05, 0) is 55.3 Å². The molecule has 0 radical (unpaired) electrons. The number of amidine groups is 1. The molecular formula is C29H27N5O5S. The van der Waals surface area contributed by atoms with E-state index in [1.807, 2.05) is 37.3 Å². The number of hydrogen-bond donors (Lipinski definition) is 2. The van der Waals surface area contributed by atoms with Gasteiger partial charge in [-0.3, -0.25) is 19.7 Å². The summed E-state index contributed by atoms with van der Waals surface area (Å²) in [5, 5.41) is 17.7. The van der Waals surface area contributed by atoms with Crippen LogP contribution in [0.1, 0.15) is 35.3 Å². The fourth-order valence-corrected chi connectivity index (χ4v) is 5.79. The summed E-state index contributed by atoms with van der Waals surface area (Å²) in [5.41, 5.74) is 3.25. The van der Waals surface area contributed by atoms with Gasteiger partial charge in [-0.1, -0.05) is 36.0 Å². The first-order valence-corrected chi connectivity index (χ1v) is 13.6. The maximum atomic E-state index is 13.8. The zero-order valence-corrected chi connectivity index (χ0v) is 22.7. The highest BCUT2D eigenvalue weighted by atomic mass is 32.2. The molecule has 40 heavy (non-hydrogen) atoms. The number of hydrogen-bond acceptors (Lipinski definition) is 8. The summed E-state index contributed by atoms with van der Waals surface area (Å²) in [7, 11) is 1.55. The number of nitrogens with one attached hydrogen (secondary N) is 2. The summed E-state index contributed by atoms with van der Waals surface area (Å²) in [6, 6.07) is 19.6. The summed E-state index contributed by atoms with van der Waals surface area (Å²) in [4.78, 5) is 44.0. The first-order chi connectivity index (χ1) is 19.4. The lowest BCUT2D eigenvalue weighted by Gasteiger charge is -2.41. The molecule has 11 heteroatoms. The molecule has 2 aliphatic heterocycles. The number of rotatable bonds is 7. The van der Waals surface area contributed by atoms with Crippen LogP contribution in [0.25, 0.3) is 0 Å². The monoisotopic (exact) mass is 557 g/mol. The Bertz CT molecular complexity index is 1540. The molecule has 1 saturated heterocycles. The van der Waals surface area contributed by atoms with E-state index in [9.17, 15) is 19.7 Å². The number of ether oxygens (including phenoxy) is 1. The number of nitro benzene ring substituents is 1. The van der Waals surface area contributed by atoms with Crippen LogP contribution in [0.15, 0.2) is 89.1 Å². The average Bonchev–Trinajstić information content (AvgIpc) is 2.96. The number of benzene rings is 3. The Labute approximate surface area is 235 Å². The maximum absolute atomic E-state index is 13.8. The molecule has 3 aromatic carbocycles. The van der Waals surface area contributed by atoms with Gasteiger partial charge in [0.1, 0.15) is 5.75 Å². The van der Waals surface area contributed by atoms with Gasteiger partial charge >= 0.3 is 0 Å². The smallest absolute Gasteiger partial charge is 0.269 e. The number of para-hydroxylation sites is 2. The second kappa shape index (κ2) is 11.6. The van der Waals surface area contributed by atoms with Crippen molar-refractivity contribution in [2.75, 3.05) is 30.0 Å². The summed E-state index contributed by atoms with van der Waals surface area (Å²) >= 11 is 1.66. The molecule has 2 amide bonds. The summed E-state index contributed by atoms with van der Waals surface area (Å²) in [5.74, 6) is 0.816. The number of methoxy groups -OCH3 is 1. The van der Waals surface area contributed by atoms with E-state index in [2.05, 4.69) is 15.5 Å². The summed E-state index contributed by atoms with van der Waals surface area (Å²) in [6.07, 6.45) is 0.942. The molecule has 0 spiro atoms. The van der Waals surface area contributed by atoms with Crippen molar-refractivity contribution in [3.8, 4) is 5.75 Å². The van der Waals surface area contributed by atoms with Crippen LogP contribution in [0, 0.1) is 10.1 Å². The van der Waals surface area contributed by atoms with Crippen LogP contribution in [0.5, 0.6) is 5.75 Å². The van der Waals surface area contributed by atoms with Gasteiger partial charge in [0.15, 0.2) is 5.17 Å². The molecule has 2 aliphatic rings. The molecule has 0 aliphatic carbocycles. The van der Waals surface area contributed by atoms with E-state index in [0.29, 0.717) is 34.0 Å². The Hall–Kier alpha value is -4.64. The van der Waals surface area contributed by atoms with E-state index < -0.39 is 16.9 Å². The minimum Gasteiger partial charge on any atom is -0.495 e.